The van der Waals surface area contributed by atoms with Crippen LogP contribution in [0.15, 0.2) is 0 Å². The first-order valence-electron chi connectivity index (χ1n) is 1.80. The Kier molecular flexibility index (Phi) is 1.44. The summed E-state index contributed by atoms with van der Waals surface area (Å²) in [7, 11) is 0. The molecule has 1 aliphatic rings. The minimum absolute atomic E-state index is 0.201. The van der Waals surface area contributed by atoms with E-state index in [0.717, 1.165) is 0 Å². The van der Waals surface area contributed by atoms with Crippen LogP contribution in [0.3, 0.4) is 0 Å². The van der Waals surface area contributed by atoms with Gasteiger partial charge in [-0.05, 0) is 0 Å². The van der Waals surface area contributed by atoms with E-state index in [9.17, 15) is 0 Å². The van der Waals surface area contributed by atoms with Crippen LogP contribution >= 0.6 is 23.2 Å². The molecule has 0 amide bonds. The van der Waals surface area contributed by atoms with Crippen molar-refractivity contribution in [2.24, 2.45) is 0 Å². The van der Waals surface area contributed by atoms with Gasteiger partial charge in [-0.25, -0.2) is 0 Å². The van der Waals surface area contributed by atoms with Crippen LogP contribution in [0.5, 0.6) is 0 Å². The van der Waals surface area contributed by atoms with E-state index < -0.39 is 4.52 Å². The van der Waals surface area contributed by atoms with Gasteiger partial charge in [0, 0.05) is 0 Å². The fourth-order valence-corrected chi connectivity index (χ4v) is 0.573. The molecule has 7 heavy (non-hydrogen) atoms. The summed E-state index contributed by atoms with van der Waals surface area (Å²) < 4.78 is 8.24. The van der Waals surface area contributed by atoms with Crippen molar-refractivity contribution in [1.82, 2.24) is 0 Å². The minimum Gasteiger partial charge on any atom is -0.350 e. The Morgan fingerprint density at radius 2 is 2.14 bits per heavy atom. The molecule has 0 saturated carbocycles. The van der Waals surface area contributed by atoms with Gasteiger partial charge >= 0.3 is 0 Å². The number of alkyl halides is 2. The summed E-state index contributed by atoms with van der Waals surface area (Å²) in [6, 6.07) is 0. The number of hydrogen-bond acceptors (Lipinski definition) is 2. The topological polar surface area (TPSA) is 18.5 Å². The van der Waals surface area contributed by atoms with Crippen LogP contribution in [0.2, 0.25) is 0 Å². The van der Waals surface area contributed by atoms with Crippen LogP contribution in [0.4, 0.5) is 0 Å². The highest BCUT2D eigenvalue weighted by Gasteiger charge is 2.30. The maximum absolute atomic E-state index is 5.39. The van der Waals surface area contributed by atoms with E-state index in [1.165, 1.54) is 0 Å². The van der Waals surface area contributed by atoms with Gasteiger partial charge in [0.2, 0.25) is 4.52 Å². The molecule has 1 fully saturated rings. The van der Waals surface area contributed by atoms with Gasteiger partial charge in [-0.2, -0.15) is 0 Å². The third-order valence-corrected chi connectivity index (χ3v) is 1.06. The van der Waals surface area contributed by atoms with E-state index in [1.807, 2.05) is 0 Å². The van der Waals surface area contributed by atoms with E-state index in [2.05, 4.69) is 9.47 Å². The Bertz CT molecular complexity index is 65.3. The van der Waals surface area contributed by atoms with Crippen LogP contribution in [0.1, 0.15) is 0 Å². The summed E-state index contributed by atoms with van der Waals surface area (Å²) in [6.07, 6.45) is 0. The van der Waals surface area contributed by atoms with Gasteiger partial charge in [0.25, 0.3) is 0 Å². The van der Waals surface area contributed by atoms with Crippen molar-refractivity contribution in [3.05, 3.63) is 0 Å². The largest absolute Gasteiger partial charge is 0.350 e. The summed E-state index contributed by atoms with van der Waals surface area (Å²) in [5, 5.41) is 0. The molecule has 0 aromatic heterocycles. The summed E-state index contributed by atoms with van der Waals surface area (Å²) >= 11 is 10.8. The first kappa shape index (κ1) is 5.63. The molecular weight excluding hydrogens is 139 g/mol. The van der Waals surface area contributed by atoms with Gasteiger partial charge in [0.1, 0.15) is 6.61 Å². The third-order valence-electron chi connectivity index (χ3n) is 0.624. The van der Waals surface area contributed by atoms with Gasteiger partial charge < -0.3 is 9.47 Å². The Morgan fingerprint density at radius 1 is 1.43 bits per heavy atom. The van der Waals surface area contributed by atoms with Crippen molar-refractivity contribution < 1.29 is 9.47 Å². The number of halogens is 2. The maximum Gasteiger partial charge on any atom is 0.243 e. The summed E-state index contributed by atoms with van der Waals surface area (Å²) in [4.78, 5) is 0. The Labute approximate surface area is 51.3 Å². The first-order valence-corrected chi connectivity index (χ1v) is 2.56. The predicted molar refractivity (Wildman–Crippen MR) is 26.3 cm³/mol. The van der Waals surface area contributed by atoms with E-state index in [4.69, 9.17) is 23.2 Å². The highest BCUT2D eigenvalue weighted by atomic mass is 35.5. The van der Waals surface area contributed by atoms with Crippen LogP contribution in [0.25, 0.3) is 0 Å². The van der Waals surface area contributed by atoms with Crippen molar-refractivity contribution in [3.63, 3.8) is 0 Å². The van der Waals surface area contributed by atoms with Gasteiger partial charge in [-0.3, -0.25) is 0 Å². The molecule has 2 nitrogen and oxygen atoms in total. The average molecular weight is 143 g/mol. The highest BCUT2D eigenvalue weighted by Crippen LogP contribution is 2.26. The Morgan fingerprint density at radius 3 is 2.29 bits per heavy atom. The van der Waals surface area contributed by atoms with Crippen LogP contribution < -0.4 is 0 Å². The molecule has 0 aliphatic carbocycles. The zero-order chi connectivity index (χ0) is 5.33. The molecule has 0 N–H and O–H groups in total. The molecule has 1 saturated heterocycles. The normalized spacial score (nSPS) is 28.3. The lowest BCUT2D eigenvalue weighted by Crippen LogP contribution is -2.12. The van der Waals surface area contributed by atoms with Crippen molar-refractivity contribution in [2.45, 2.75) is 4.52 Å². The molecule has 0 radical (unpaired) electrons. The van der Waals surface area contributed by atoms with Gasteiger partial charge in [0.05, 0.1) is 0 Å². The molecule has 42 valence electrons. The van der Waals surface area contributed by atoms with Crippen LogP contribution in [0, 0.1) is 0 Å². The lowest BCUT2D eigenvalue weighted by Gasteiger charge is -2.04. The summed E-state index contributed by atoms with van der Waals surface area (Å²) in [5.74, 6) is 0. The second-order valence-corrected chi connectivity index (χ2v) is 2.66. The summed E-state index contributed by atoms with van der Waals surface area (Å²) in [5.41, 5.74) is 0. The second-order valence-electron chi connectivity index (χ2n) is 1.25. The molecular formula is C3H4Cl2O2. The molecule has 1 aliphatic heterocycles. The fraction of sp³-hybridized carbons (Fsp3) is 1.00. The van der Waals surface area contributed by atoms with E-state index in [0.29, 0.717) is 0 Å². The SMILES string of the molecule is ClC1(Cl)COCO1. The lowest BCUT2D eigenvalue weighted by atomic mass is 10.8. The minimum atomic E-state index is -1.08. The molecule has 0 atom stereocenters. The second kappa shape index (κ2) is 1.78. The van der Waals surface area contributed by atoms with E-state index >= 15 is 0 Å². The molecule has 1 rings (SSSR count). The lowest BCUT2D eigenvalue weighted by molar-refractivity contribution is 0.0551. The molecule has 0 aromatic rings. The van der Waals surface area contributed by atoms with Crippen molar-refractivity contribution in [1.29, 1.82) is 0 Å². The zero-order valence-electron chi connectivity index (χ0n) is 3.49. The monoisotopic (exact) mass is 142 g/mol. The highest BCUT2D eigenvalue weighted by molar-refractivity contribution is 6.47. The van der Waals surface area contributed by atoms with Crippen LogP contribution in [-0.2, 0) is 9.47 Å². The third kappa shape index (κ3) is 1.46. The smallest absolute Gasteiger partial charge is 0.243 e. The van der Waals surface area contributed by atoms with Crippen molar-refractivity contribution >= 4 is 23.2 Å². The summed E-state index contributed by atoms with van der Waals surface area (Å²) in [6.45, 7) is 0.461. The van der Waals surface area contributed by atoms with Crippen molar-refractivity contribution in [3.8, 4) is 0 Å². The predicted octanol–water partition coefficient (Wildman–Crippen LogP) is 1.12. The average Bonchev–Trinajstić information content (AvgIpc) is 1.84. The Hall–Kier alpha value is 0.500. The molecule has 1 heterocycles. The molecule has 0 bridgehead atoms. The Balaban J connectivity index is 2.40. The first-order chi connectivity index (χ1) is 3.21. The van der Waals surface area contributed by atoms with Gasteiger partial charge in [0.15, 0.2) is 6.79 Å². The number of rotatable bonds is 0. The quantitative estimate of drug-likeness (QED) is 0.473. The fourth-order valence-electron chi connectivity index (χ4n) is 0.330. The maximum atomic E-state index is 5.39. The molecule has 4 heteroatoms. The van der Waals surface area contributed by atoms with Crippen molar-refractivity contribution in [2.75, 3.05) is 13.4 Å². The standard InChI is InChI=1S/C3H4Cl2O2/c4-3(5)1-6-2-7-3/h1-2H2. The van der Waals surface area contributed by atoms with Crippen LogP contribution in [-0.4, -0.2) is 17.9 Å². The number of ether oxygens (including phenoxy) is 2. The van der Waals surface area contributed by atoms with E-state index in [-0.39, 0.29) is 13.4 Å². The molecule has 0 aromatic carbocycles. The zero-order valence-corrected chi connectivity index (χ0v) is 5.00. The molecule has 0 unspecified atom stereocenters. The van der Waals surface area contributed by atoms with E-state index in [1.54, 1.807) is 0 Å². The molecule has 0 spiro atoms. The van der Waals surface area contributed by atoms with Gasteiger partial charge in [-0.15, -0.1) is 0 Å². The number of hydrogen-bond donors (Lipinski definition) is 0. The van der Waals surface area contributed by atoms with Gasteiger partial charge in [-0.1, -0.05) is 23.2 Å².